The first-order chi connectivity index (χ1) is 17.3. The number of nitrogens with zero attached hydrogens (tertiary/aromatic N) is 3. The summed E-state index contributed by atoms with van der Waals surface area (Å²) in [4.78, 5) is 5.28. The summed E-state index contributed by atoms with van der Waals surface area (Å²) in [6.07, 6.45) is 17.3. The molecular formula is C31H36N3S+. The maximum atomic E-state index is 2.70. The van der Waals surface area contributed by atoms with Crippen molar-refractivity contribution >= 4 is 11.8 Å². The lowest BCUT2D eigenvalue weighted by atomic mass is 9.94. The van der Waals surface area contributed by atoms with Gasteiger partial charge in [-0.3, -0.25) is 9.38 Å². The van der Waals surface area contributed by atoms with Gasteiger partial charge in [0, 0.05) is 11.5 Å². The Hall–Kier alpha value is -2.53. The summed E-state index contributed by atoms with van der Waals surface area (Å²) in [6.45, 7) is 5.98. The van der Waals surface area contributed by atoms with E-state index in [1.54, 1.807) is 0 Å². The number of hydrogen-bond acceptors (Lipinski definition) is 3. The van der Waals surface area contributed by atoms with E-state index in [0.29, 0.717) is 6.17 Å². The van der Waals surface area contributed by atoms with E-state index in [1.165, 1.54) is 73.7 Å². The summed E-state index contributed by atoms with van der Waals surface area (Å²) in [5.74, 6) is 0.765. The van der Waals surface area contributed by atoms with Crippen LogP contribution in [0.4, 0.5) is 0 Å². The highest BCUT2D eigenvalue weighted by atomic mass is 32.2. The van der Waals surface area contributed by atoms with Crippen molar-refractivity contribution in [3.63, 3.8) is 0 Å². The molecule has 0 radical (unpaired) electrons. The van der Waals surface area contributed by atoms with Crippen LogP contribution in [0.5, 0.6) is 0 Å². The first-order valence-electron chi connectivity index (χ1n) is 13.2. The van der Waals surface area contributed by atoms with Crippen molar-refractivity contribution in [2.24, 2.45) is 5.92 Å². The van der Waals surface area contributed by atoms with Crippen LogP contribution in [0, 0.1) is 5.92 Å². The molecule has 4 aliphatic rings. The molecule has 4 heterocycles. The lowest BCUT2D eigenvalue weighted by Gasteiger charge is -2.44. The van der Waals surface area contributed by atoms with Crippen LogP contribution < -0.4 is 0 Å². The lowest BCUT2D eigenvalue weighted by Crippen LogP contribution is -2.55. The van der Waals surface area contributed by atoms with Crippen LogP contribution in [0.2, 0.25) is 0 Å². The second-order valence-electron chi connectivity index (χ2n) is 10.5. The van der Waals surface area contributed by atoms with Crippen LogP contribution >= 0.6 is 11.8 Å². The molecule has 0 aromatic heterocycles. The van der Waals surface area contributed by atoms with Crippen molar-refractivity contribution < 1.29 is 4.48 Å². The van der Waals surface area contributed by atoms with Gasteiger partial charge in [0.15, 0.2) is 6.17 Å². The molecule has 0 N–H and O–H groups in total. The topological polar surface area (TPSA) is 6.48 Å². The van der Waals surface area contributed by atoms with E-state index in [0.717, 1.165) is 16.9 Å². The predicted octanol–water partition coefficient (Wildman–Crippen LogP) is 6.50. The van der Waals surface area contributed by atoms with Gasteiger partial charge in [0.25, 0.3) is 0 Å². The van der Waals surface area contributed by atoms with Gasteiger partial charge in [-0.15, -0.1) is 0 Å². The number of allylic oxidation sites excluding steroid dienone is 3. The first-order valence-corrected chi connectivity index (χ1v) is 14.1. The standard InChI is InChI=1S/C31H36N3S/c1-3-9-26(10-4-1)13-8-19-32-20-16-28(17-21-32)24-34(23-27-11-5-2-6-12-27)25-29-18-22-35-31-15-7-14-30(34)33(29)31/h1-7,9-12,14-15,18,22,25,28,30H,8,13,16-17,19-21,23-24H2/q+1. The molecule has 0 saturated carbocycles. The van der Waals surface area contributed by atoms with Crippen molar-refractivity contribution in [3.05, 3.63) is 118 Å². The Labute approximate surface area is 214 Å². The molecule has 0 aliphatic carbocycles. The Kier molecular flexibility index (Phi) is 6.69. The highest BCUT2D eigenvalue weighted by Gasteiger charge is 2.49. The van der Waals surface area contributed by atoms with Crippen molar-refractivity contribution in [2.75, 3.05) is 26.2 Å². The number of quaternary nitrogens is 1. The minimum Gasteiger partial charge on any atom is -0.303 e. The molecular weight excluding hydrogens is 446 g/mol. The number of piperidine rings is 1. The fourth-order valence-corrected chi connectivity index (χ4v) is 7.15. The molecule has 180 valence electrons. The molecule has 0 bridgehead atoms. The summed E-state index contributed by atoms with van der Waals surface area (Å²) < 4.78 is 1.01. The first kappa shape index (κ1) is 22.9. The van der Waals surface area contributed by atoms with Gasteiger partial charge in [0.1, 0.15) is 18.4 Å². The molecule has 2 unspecified atom stereocenters. The number of likely N-dealkylation sites (tertiary alicyclic amines) is 1. The van der Waals surface area contributed by atoms with E-state index in [9.17, 15) is 0 Å². The fourth-order valence-electron chi connectivity index (χ4n) is 6.32. The summed E-state index contributed by atoms with van der Waals surface area (Å²) in [5.41, 5.74) is 4.27. The van der Waals surface area contributed by atoms with Gasteiger partial charge in [0.05, 0.1) is 11.6 Å². The maximum Gasteiger partial charge on any atom is 0.194 e. The van der Waals surface area contributed by atoms with Gasteiger partial charge in [-0.1, -0.05) is 78.5 Å². The number of benzene rings is 2. The highest BCUT2D eigenvalue weighted by Crippen LogP contribution is 2.46. The van der Waals surface area contributed by atoms with E-state index in [1.807, 2.05) is 11.8 Å². The van der Waals surface area contributed by atoms with Crippen molar-refractivity contribution in [2.45, 2.75) is 38.4 Å². The normalized spacial score (nSPS) is 25.9. The summed E-state index contributed by atoms with van der Waals surface area (Å²) in [7, 11) is 0. The van der Waals surface area contributed by atoms with Gasteiger partial charge in [-0.25, -0.2) is 0 Å². The highest BCUT2D eigenvalue weighted by molar-refractivity contribution is 8.05. The third-order valence-electron chi connectivity index (χ3n) is 8.05. The monoisotopic (exact) mass is 482 g/mol. The molecule has 3 nitrogen and oxygen atoms in total. The molecule has 4 aliphatic heterocycles. The van der Waals surface area contributed by atoms with E-state index in [4.69, 9.17) is 0 Å². The number of aryl methyl sites for hydroxylation is 1. The number of thioether (sulfide) groups is 1. The zero-order chi connectivity index (χ0) is 23.5. The Morgan fingerprint density at radius 3 is 2.43 bits per heavy atom. The zero-order valence-electron chi connectivity index (χ0n) is 20.5. The van der Waals surface area contributed by atoms with Crippen LogP contribution in [0.3, 0.4) is 0 Å². The van der Waals surface area contributed by atoms with Crippen LogP contribution in [0.1, 0.15) is 30.4 Å². The minimum absolute atomic E-state index is 0.367. The molecule has 2 aromatic carbocycles. The van der Waals surface area contributed by atoms with E-state index < -0.39 is 0 Å². The molecule has 1 fully saturated rings. The van der Waals surface area contributed by atoms with Gasteiger partial charge in [-0.2, -0.15) is 0 Å². The summed E-state index contributed by atoms with van der Waals surface area (Å²) >= 11 is 1.85. The lowest BCUT2D eigenvalue weighted by molar-refractivity contribution is -0.916. The second-order valence-corrected chi connectivity index (χ2v) is 11.4. The Morgan fingerprint density at radius 1 is 0.914 bits per heavy atom. The Bertz CT molecular complexity index is 1130. The van der Waals surface area contributed by atoms with Crippen molar-refractivity contribution in [1.82, 2.24) is 9.80 Å². The van der Waals surface area contributed by atoms with E-state index in [-0.39, 0.29) is 0 Å². The molecule has 2 atom stereocenters. The van der Waals surface area contributed by atoms with Gasteiger partial charge in [0.2, 0.25) is 0 Å². The minimum atomic E-state index is 0.367. The SMILES string of the molecule is C1=CC2N3C(=C[N+]2(Cc2ccccc2)CC2CCN(CCCc4ccccc4)CC2)C=CSC3=C1. The van der Waals surface area contributed by atoms with Crippen molar-refractivity contribution in [3.8, 4) is 0 Å². The van der Waals surface area contributed by atoms with Gasteiger partial charge < -0.3 is 4.90 Å². The maximum absolute atomic E-state index is 2.70. The van der Waals surface area contributed by atoms with E-state index >= 15 is 0 Å². The van der Waals surface area contributed by atoms with Crippen LogP contribution in [0.15, 0.2) is 107 Å². The molecule has 0 spiro atoms. The largest absolute Gasteiger partial charge is 0.303 e. The van der Waals surface area contributed by atoms with Gasteiger partial charge in [-0.05, 0) is 74.5 Å². The average Bonchev–Trinajstić information content (AvgIpc) is 3.21. The predicted molar refractivity (Wildman–Crippen MR) is 147 cm³/mol. The van der Waals surface area contributed by atoms with Crippen molar-refractivity contribution in [1.29, 1.82) is 0 Å². The number of rotatable bonds is 8. The van der Waals surface area contributed by atoms with E-state index in [2.05, 4.69) is 106 Å². The van der Waals surface area contributed by atoms with Crippen LogP contribution in [-0.2, 0) is 13.0 Å². The average molecular weight is 483 g/mol. The Balaban J connectivity index is 1.13. The summed E-state index contributed by atoms with van der Waals surface area (Å²) in [6, 6.07) is 22.1. The quantitative estimate of drug-likeness (QED) is 0.396. The van der Waals surface area contributed by atoms with Crippen LogP contribution in [-0.4, -0.2) is 46.6 Å². The molecule has 0 amide bonds. The van der Waals surface area contributed by atoms with Gasteiger partial charge >= 0.3 is 0 Å². The molecule has 2 aromatic rings. The second kappa shape index (κ2) is 10.2. The molecule has 4 heteroatoms. The number of hydrogen-bond donors (Lipinski definition) is 0. The van der Waals surface area contributed by atoms with Crippen LogP contribution in [0.25, 0.3) is 0 Å². The smallest absolute Gasteiger partial charge is 0.194 e. The third kappa shape index (κ3) is 4.93. The molecule has 35 heavy (non-hydrogen) atoms. The Morgan fingerprint density at radius 2 is 1.66 bits per heavy atom. The zero-order valence-corrected chi connectivity index (χ0v) is 21.3. The third-order valence-corrected chi connectivity index (χ3v) is 8.90. The summed E-state index contributed by atoms with van der Waals surface area (Å²) in [5, 5.41) is 3.62. The molecule has 1 saturated heterocycles. The molecule has 6 rings (SSSR count). The fraction of sp³-hybridized carbons (Fsp3) is 0.355.